The van der Waals surface area contributed by atoms with E-state index < -0.39 is 0 Å². The van der Waals surface area contributed by atoms with Crippen LogP contribution in [0.3, 0.4) is 0 Å². The fourth-order valence-electron chi connectivity index (χ4n) is 2.88. The van der Waals surface area contributed by atoms with Crippen LogP contribution in [0.2, 0.25) is 0 Å². The van der Waals surface area contributed by atoms with E-state index in [1.807, 2.05) is 54.7 Å². The highest BCUT2D eigenvalue weighted by molar-refractivity contribution is 6.12. The number of nitrogens with zero attached hydrogens (tertiary/aromatic N) is 2. The molecule has 4 heteroatoms. The third-order valence-electron chi connectivity index (χ3n) is 4.04. The molecule has 0 saturated heterocycles. The molecule has 0 unspecified atom stereocenters. The van der Waals surface area contributed by atoms with Gasteiger partial charge in [0.05, 0.1) is 18.6 Å². The molecule has 0 aliphatic rings. The highest BCUT2D eigenvalue weighted by atomic mass is 16.5. The van der Waals surface area contributed by atoms with Crippen molar-refractivity contribution in [3.8, 4) is 5.75 Å². The molecule has 4 nitrogen and oxygen atoms in total. The van der Waals surface area contributed by atoms with Gasteiger partial charge < -0.3 is 10.5 Å². The van der Waals surface area contributed by atoms with Gasteiger partial charge in [0.25, 0.3) is 0 Å². The minimum Gasteiger partial charge on any atom is -0.497 e. The molecule has 0 amide bonds. The number of hydrogen-bond donors (Lipinski definition) is 1. The first-order valence-electron chi connectivity index (χ1n) is 10.4. The minimum absolute atomic E-state index is 0.858. The fraction of sp³-hybridized carbons (Fsp3) is 0.360. The van der Waals surface area contributed by atoms with E-state index in [9.17, 15) is 0 Å². The molecule has 2 aromatic carbocycles. The summed E-state index contributed by atoms with van der Waals surface area (Å²) in [4.78, 5) is 4.06. The maximum absolute atomic E-state index is 5.71. The Bertz CT molecular complexity index is 944. The van der Waals surface area contributed by atoms with Crippen LogP contribution < -0.4 is 15.0 Å². The smallest absolute Gasteiger partial charge is 0.216 e. The van der Waals surface area contributed by atoms with Crippen molar-refractivity contribution in [2.75, 3.05) is 14.2 Å². The van der Waals surface area contributed by atoms with Crippen LogP contribution in [0.1, 0.15) is 47.1 Å². The van der Waals surface area contributed by atoms with E-state index in [1.54, 1.807) is 26.6 Å². The molecule has 0 aliphatic heterocycles. The largest absolute Gasteiger partial charge is 0.497 e. The summed E-state index contributed by atoms with van der Waals surface area (Å²) in [7, 11) is 5.47. The maximum atomic E-state index is 5.71. The quantitative estimate of drug-likeness (QED) is 0.340. The number of pyridine rings is 1. The van der Waals surface area contributed by atoms with Gasteiger partial charge >= 0.3 is 0 Å². The van der Waals surface area contributed by atoms with E-state index >= 15 is 0 Å². The molecular weight excluding hydrogens is 358 g/mol. The van der Waals surface area contributed by atoms with Crippen molar-refractivity contribution in [3.63, 3.8) is 0 Å². The number of aryl methyl sites for hydroxylation is 1. The number of ether oxygens (including phenoxy) is 1. The molecule has 0 saturated carbocycles. The Morgan fingerprint density at radius 2 is 1.59 bits per heavy atom. The standard InChI is InChI=1S/C19H20N3O.3C2H6/c1-21-11-15(10-20)13-4-6-17-14(8-13)12-22(2)19-9-16(23-3)5-7-18(17)19;3*1-2/h4-12H,20H2,1-3H3;3*1-2H3/q+1;;;/b15-10+,21-11?;;;. The number of aromatic nitrogens is 1. The SMILES string of the molecule is CC.CC.CC.CN=C/C(=C\N)c1ccc2c(c1)c[n+](C)c1cc(OC)ccc21. The van der Waals surface area contributed by atoms with Gasteiger partial charge in [-0.05, 0) is 23.8 Å². The van der Waals surface area contributed by atoms with Crippen molar-refractivity contribution in [2.24, 2.45) is 17.8 Å². The van der Waals surface area contributed by atoms with Crippen LogP contribution in [0.25, 0.3) is 27.2 Å². The first-order valence-corrected chi connectivity index (χ1v) is 10.4. The van der Waals surface area contributed by atoms with Gasteiger partial charge in [-0.3, -0.25) is 4.99 Å². The molecule has 1 aromatic heterocycles. The Kier molecular flexibility index (Phi) is 12.8. The van der Waals surface area contributed by atoms with Crippen LogP contribution in [0.4, 0.5) is 0 Å². The molecule has 29 heavy (non-hydrogen) atoms. The zero-order valence-electron chi connectivity index (χ0n) is 19.6. The van der Waals surface area contributed by atoms with Crippen molar-refractivity contribution in [2.45, 2.75) is 41.5 Å². The zero-order valence-corrected chi connectivity index (χ0v) is 19.6. The van der Waals surface area contributed by atoms with Crippen LogP contribution in [0.5, 0.6) is 5.75 Å². The van der Waals surface area contributed by atoms with E-state index in [-0.39, 0.29) is 0 Å². The average molecular weight is 397 g/mol. The number of nitrogens with two attached hydrogens (primary N) is 1. The summed E-state index contributed by atoms with van der Waals surface area (Å²) in [5, 5.41) is 3.56. The Balaban J connectivity index is 0.00000120. The summed E-state index contributed by atoms with van der Waals surface area (Å²) in [6.45, 7) is 12.0. The Labute approximate surface area is 176 Å². The lowest BCUT2D eigenvalue weighted by Gasteiger charge is -2.07. The van der Waals surface area contributed by atoms with Crippen LogP contribution in [0, 0.1) is 0 Å². The number of aliphatic imine (C=N–C) groups is 1. The van der Waals surface area contributed by atoms with Gasteiger partial charge in [0, 0.05) is 35.8 Å². The van der Waals surface area contributed by atoms with E-state index in [2.05, 4.69) is 46.1 Å². The zero-order chi connectivity index (χ0) is 22.4. The van der Waals surface area contributed by atoms with Crippen molar-refractivity contribution < 1.29 is 9.30 Å². The molecule has 0 aliphatic carbocycles. The second kappa shape index (κ2) is 14.2. The molecule has 1 heterocycles. The number of rotatable bonds is 3. The fourth-order valence-corrected chi connectivity index (χ4v) is 2.88. The van der Waals surface area contributed by atoms with Crippen LogP contribution in [-0.4, -0.2) is 20.4 Å². The number of allylic oxidation sites excluding steroid dienone is 1. The van der Waals surface area contributed by atoms with Crippen molar-refractivity contribution in [1.29, 1.82) is 0 Å². The molecule has 0 radical (unpaired) electrons. The van der Waals surface area contributed by atoms with Gasteiger partial charge in [-0.2, -0.15) is 0 Å². The van der Waals surface area contributed by atoms with Gasteiger partial charge in [0.2, 0.25) is 5.52 Å². The van der Waals surface area contributed by atoms with Gasteiger partial charge in [-0.25, -0.2) is 4.57 Å². The lowest BCUT2D eigenvalue weighted by atomic mass is 10.0. The molecule has 0 bridgehead atoms. The van der Waals surface area contributed by atoms with Gasteiger partial charge in [0.15, 0.2) is 6.20 Å². The summed E-state index contributed by atoms with van der Waals surface area (Å²) in [6.07, 6.45) is 5.48. The molecule has 0 atom stereocenters. The van der Waals surface area contributed by atoms with E-state index in [1.165, 1.54) is 10.8 Å². The molecule has 158 valence electrons. The number of hydrogen-bond acceptors (Lipinski definition) is 3. The molecular formula is C25H38N3O+. The summed E-state index contributed by atoms with van der Waals surface area (Å²) in [5.74, 6) is 0.858. The Hall–Kier alpha value is -2.88. The number of methoxy groups -OCH3 is 1. The summed E-state index contributed by atoms with van der Waals surface area (Å²) in [6, 6.07) is 12.5. The normalized spacial score (nSPS) is 10.4. The molecule has 0 spiro atoms. The summed E-state index contributed by atoms with van der Waals surface area (Å²) < 4.78 is 7.45. The second-order valence-corrected chi connectivity index (χ2v) is 5.43. The topological polar surface area (TPSA) is 51.5 Å². The van der Waals surface area contributed by atoms with Gasteiger partial charge in [-0.15, -0.1) is 0 Å². The summed E-state index contributed by atoms with van der Waals surface area (Å²) >= 11 is 0. The monoisotopic (exact) mass is 396 g/mol. The molecule has 0 fully saturated rings. The minimum atomic E-state index is 0.858. The second-order valence-electron chi connectivity index (χ2n) is 5.43. The number of benzene rings is 2. The predicted octanol–water partition coefficient (Wildman–Crippen LogP) is 5.90. The predicted molar refractivity (Wildman–Crippen MR) is 130 cm³/mol. The Morgan fingerprint density at radius 3 is 2.14 bits per heavy atom. The lowest BCUT2D eigenvalue weighted by molar-refractivity contribution is -0.643. The van der Waals surface area contributed by atoms with E-state index in [0.29, 0.717) is 0 Å². The number of fused-ring (bicyclic) bond motifs is 3. The van der Waals surface area contributed by atoms with Crippen molar-refractivity contribution in [3.05, 3.63) is 54.4 Å². The Morgan fingerprint density at radius 1 is 0.966 bits per heavy atom. The highest BCUT2D eigenvalue weighted by Gasteiger charge is 2.12. The van der Waals surface area contributed by atoms with Gasteiger partial charge in [-0.1, -0.05) is 53.7 Å². The third kappa shape index (κ3) is 6.31. The summed E-state index contributed by atoms with van der Waals surface area (Å²) in [5.41, 5.74) is 8.81. The third-order valence-corrected chi connectivity index (χ3v) is 4.04. The van der Waals surface area contributed by atoms with Crippen LogP contribution in [0.15, 0.2) is 53.8 Å². The molecule has 3 rings (SSSR count). The molecule has 2 N–H and O–H groups in total. The van der Waals surface area contributed by atoms with Crippen LogP contribution >= 0.6 is 0 Å². The average Bonchev–Trinajstić information content (AvgIpc) is 2.81. The van der Waals surface area contributed by atoms with Crippen molar-refractivity contribution in [1.82, 2.24) is 0 Å². The lowest BCUT2D eigenvalue weighted by Crippen LogP contribution is -2.28. The van der Waals surface area contributed by atoms with E-state index in [4.69, 9.17) is 10.5 Å². The van der Waals surface area contributed by atoms with E-state index in [0.717, 1.165) is 27.8 Å². The first-order chi connectivity index (χ1) is 14.2. The maximum Gasteiger partial charge on any atom is 0.216 e. The highest BCUT2D eigenvalue weighted by Crippen LogP contribution is 2.27. The van der Waals surface area contributed by atoms with Gasteiger partial charge in [0.1, 0.15) is 12.8 Å². The van der Waals surface area contributed by atoms with Crippen LogP contribution in [-0.2, 0) is 7.05 Å². The van der Waals surface area contributed by atoms with Crippen molar-refractivity contribution >= 4 is 33.5 Å². The molecule has 3 aromatic rings. The first kappa shape index (κ1) is 26.1.